The Balaban J connectivity index is 2.77. The van der Waals surface area contributed by atoms with Gasteiger partial charge in [0.05, 0.1) is 6.04 Å². The molecule has 0 bridgehead atoms. The number of amides is 1. The van der Waals surface area contributed by atoms with E-state index in [0.29, 0.717) is 6.54 Å². The Morgan fingerprint density at radius 1 is 1.50 bits per heavy atom. The van der Waals surface area contributed by atoms with Crippen LogP contribution in [0.5, 0.6) is 0 Å². The van der Waals surface area contributed by atoms with E-state index in [1.54, 1.807) is 24.2 Å². The SMILES string of the molecule is CC(N)C(=O)N(Cc1cccnc1)C(C)C. The molecule has 0 aliphatic heterocycles. The van der Waals surface area contributed by atoms with E-state index in [-0.39, 0.29) is 11.9 Å². The van der Waals surface area contributed by atoms with Crippen LogP contribution < -0.4 is 5.73 Å². The summed E-state index contributed by atoms with van der Waals surface area (Å²) in [4.78, 5) is 17.7. The molecule has 1 heterocycles. The average Bonchev–Trinajstić information content (AvgIpc) is 2.26. The van der Waals surface area contributed by atoms with E-state index in [2.05, 4.69) is 4.98 Å². The van der Waals surface area contributed by atoms with E-state index < -0.39 is 6.04 Å². The zero-order chi connectivity index (χ0) is 12.1. The van der Waals surface area contributed by atoms with Crippen LogP contribution in [-0.4, -0.2) is 27.9 Å². The van der Waals surface area contributed by atoms with Crippen molar-refractivity contribution in [1.82, 2.24) is 9.88 Å². The van der Waals surface area contributed by atoms with Crippen LogP contribution >= 0.6 is 0 Å². The molecule has 0 aromatic carbocycles. The molecule has 1 amide bonds. The number of hydrogen-bond acceptors (Lipinski definition) is 3. The smallest absolute Gasteiger partial charge is 0.239 e. The molecule has 0 saturated heterocycles. The normalized spacial score (nSPS) is 12.6. The van der Waals surface area contributed by atoms with E-state index in [1.165, 1.54) is 0 Å². The molecule has 4 heteroatoms. The van der Waals surface area contributed by atoms with Crippen LogP contribution in [0.25, 0.3) is 0 Å². The molecule has 2 N–H and O–H groups in total. The van der Waals surface area contributed by atoms with Crippen LogP contribution in [0.3, 0.4) is 0 Å². The van der Waals surface area contributed by atoms with Crippen LogP contribution in [0.1, 0.15) is 26.3 Å². The summed E-state index contributed by atoms with van der Waals surface area (Å²) < 4.78 is 0. The van der Waals surface area contributed by atoms with Gasteiger partial charge in [-0.1, -0.05) is 6.07 Å². The topological polar surface area (TPSA) is 59.2 Å². The largest absolute Gasteiger partial charge is 0.335 e. The number of pyridine rings is 1. The van der Waals surface area contributed by atoms with E-state index >= 15 is 0 Å². The summed E-state index contributed by atoms with van der Waals surface area (Å²) in [7, 11) is 0. The van der Waals surface area contributed by atoms with Crippen molar-refractivity contribution in [2.24, 2.45) is 5.73 Å². The van der Waals surface area contributed by atoms with Crippen LogP contribution in [0.15, 0.2) is 24.5 Å². The van der Waals surface area contributed by atoms with Crippen LogP contribution in [-0.2, 0) is 11.3 Å². The Bertz CT molecular complexity index is 335. The van der Waals surface area contributed by atoms with Gasteiger partial charge in [0.2, 0.25) is 5.91 Å². The zero-order valence-electron chi connectivity index (χ0n) is 10.1. The number of nitrogens with zero attached hydrogens (tertiary/aromatic N) is 2. The number of nitrogens with two attached hydrogens (primary N) is 1. The van der Waals surface area contributed by atoms with E-state index in [0.717, 1.165) is 5.56 Å². The maximum absolute atomic E-state index is 11.9. The summed E-state index contributed by atoms with van der Waals surface area (Å²) in [5, 5.41) is 0. The highest BCUT2D eigenvalue weighted by atomic mass is 16.2. The van der Waals surface area contributed by atoms with Crippen molar-refractivity contribution in [3.63, 3.8) is 0 Å². The third-order valence-corrected chi connectivity index (χ3v) is 2.37. The lowest BCUT2D eigenvalue weighted by atomic mass is 10.2. The third kappa shape index (κ3) is 3.31. The highest BCUT2D eigenvalue weighted by Gasteiger charge is 2.20. The van der Waals surface area contributed by atoms with Gasteiger partial charge in [0.25, 0.3) is 0 Å². The first-order chi connectivity index (χ1) is 7.52. The summed E-state index contributed by atoms with van der Waals surface area (Å²) in [5.41, 5.74) is 6.64. The molecule has 1 aromatic heterocycles. The standard InChI is InChI=1S/C12H19N3O/c1-9(2)15(12(16)10(3)13)8-11-5-4-6-14-7-11/h4-7,9-10H,8,13H2,1-3H3. The molecule has 1 aromatic rings. The van der Waals surface area contributed by atoms with E-state index in [9.17, 15) is 4.79 Å². The van der Waals surface area contributed by atoms with Gasteiger partial charge in [0.15, 0.2) is 0 Å². The van der Waals surface area contributed by atoms with Crippen molar-refractivity contribution < 1.29 is 4.79 Å². The summed E-state index contributed by atoms with van der Waals surface area (Å²) >= 11 is 0. The Hall–Kier alpha value is -1.42. The molecule has 1 unspecified atom stereocenters. The minimum absolute atomic E-state index is 0.0288. The maximum Gasteiger partial charge on any atom is 0.239 e. The number of aromatic nitrogens is 1. The molecule has 0 saturated carbocycles. The van der Waals surface area contributed by atoms with E-state index in [1.807, 2.05) is 26.0 Å². The first-order valence-electron chi connectivity index (χ1n) is 5.47. The van der Waals surface area contributed by atoms with Gasteiger partial charge in [-0.2, -0.15) is 0 Å². The molecular formula is C12H19N3O. The predicted octanol–water partition coefficient (Wildman–Crippen LogP) is 1.17. The van der Waals surface area contributed by atoms with E-state index in [4.69, 9.17) is 5.73 Å². The fourth-order valence-electron chi connectivity index (χ4n) is 1.46. The minimum Gasteiger partial charge on any atom is -0.335 e. The molecular weight excluding hydrogens is 202 g/mol. The lowest BCUT2D eigenvalue weighted by Gasteiger charge is -2.28. The summed E-state index contributed by atoms with van der Waals surface area (Å²) in [6, 6.07) is 3.50. The van der Waals surface area contributed by atoms with Gasteiger partial charge in [0, 0.05) is 25.0 Å². The Kier molecular flexibility index (Phi) is 4.43. The fourth-order valence-corrected chi connectivity index (χ4v) is 1.46. The van der Waals surface area contributed by atoms with Gasteiger partial charge in [0.1, 0.15) is 0 Å². The number of hydrogen-bond donors (Lipinski definition) is 1. The summed E-state index contributed by atoms with van der Waals surface area (Å²) in [6.07, 6.45) is 3.49. The molecule has 0 radical (unpaired) electrons. The van der Waals surface area contributed by atoms with Gasteiger partial charge in [-0.15, -0.1) is 0 Å². The van der Waals surface area contributed by atoms with Crippen molar-refractivity contribution in [2.45, 2.75) is 39.4 Å². The molecule has 0 aliphatic rings. The lowest BCUT2D eigenvalue weighted by molar-refractivity contribution is -0.134. The predicted molar refractivity (Wildman–Crippen MR) is 63.6 cm³/mol. The van der Waals surface area contributed by atoms with Gasteiger partial charge in [-0.3, -0.25) is 9.78 Å². The fraction of sp³-hybridized carbons (Fsp3) is 0.500. The summed E-state index contributed by atoms with van der Waals surface area (Å²) in [5.74, 6) is -0.0288. The maximum atomic E-state index is 11.9. The quantitative estimate of drug-likeness (QED) is 0.830. The Labute approximate surface area is 96.5 Å². The highest BCUT2D eigenvalue weighted by Crippen LogP contribution is 2.08. The Morgan fingerprint density at radius 2 is 2.19 bits per heavy atom. The number of carbonyl (C=O) groups excluding carboxylic acids is 1. The first-order valence-corrected chi connectivity index (χ1v) is 5.47. The van der Waals surface area contributed by atoms with Crippen molar-refractivity contribution >= 4 is 5.91 Å². The van der Waals surface area contributed by atoms with Crippen LogP contribution in [0.2, 0.25) is 0 Å². The van der Waals surface area contributed by atoms with Crippen LogP contribution in [0, 0.1) is 0 Å². The van der Waals surface area contributed by atoms with Gasteiger partial charge < -0.3 is 10.6 Å². The zero-order valence-corrected chi connectivity index (χ0v) is 10.1. The Morgan fingerprint density at radius 3 is 2.62 bits per heavy atom. The highest BCUT2D eigenvalue weighted by molar-refractivity contribution is 5.81. The van der Waals surface area contributed by atoms with Gasteiger partial charge in [-0.05, 0) is 32.4 Å². The molecule has 0 fully saturated rings. The number of rotatable bonds is 4. The van der Waals surface area contributed by atoms with Crippen LogP contribution in [0.4, 0.5) is 0 Å². The van der Waals surface area contributed by atoms with Crippen molar-refractivity contribution in [1.29, 1.82) is 0 Å². The van der Waals surface area contributed by atoms with Crippen molar-refractivity contribution in [2.75, 3.05) is 0 Å². The van der Waals surface area contributed by atoms with Crippen molar-refractivity contribution in [3.05, 3.63) is 30.1 Å². The molecule has 16 heavy (non-hydrogen) atoms. The first kappa shape index (κ1) is 12.6. The molecule has 0 spiro atoms. The van der Waals surface area contributed by atoms with Gasteiger partial charge >= 0.3 is 0 Å². The lowest BCUT2D eigenvalue weighted by Crippen LogP contribution is -2.45. The molecule has 88 valence electrons. The molecule has 1 rings (SSSR count). The molecule has 1 atom stereocenters. The second kappa shape index (κ2) is 5.61. The summed E-state index contributed by atoms with van der Waals surface area (Å²) in [6.45, 7) is 6.24. The van der Waals surface area contributed by atoms with Gasteiger partial charge in [-0.25, -0.2) is 0 Å². The van der Waals surface area contributed by atoms with Crippen molar-refractivity contribution in [3.8, 4) is 0 Å². The third-order valence-electron chi connectivity index (χ3n) is 2.37. The second-order valence-electron chi connectivity index (χ2n) is 4.21. The molecule has 4 nitrogen and oxygen atoms in total. The molecule has 0 aliphatic carbocycles. The second-order valence-corrected chi connectivity index (χ2v) is 4.21. The monoisotopic (exact) mass is 221 g/mol. The average molecular weight is 221 g/mol. The number of carbonyl (C=O) groups is 1. The minimum atomic E-state index is -0.459.